The van der Waals surface area contributed by atoms with E-state index in [4.69, 9.17) is 0 Å². The molecule has 0 bridgehead atoms. The smallest absolute Gasteiger partial charge is 0.0527 e. The first-order chi connectivity index (χ1) is 6.66. The molecule has 1 N–H and O–H groups in total. The number of halogens is 1. The molecule has 14 heavy (non-hydrogen) atoms. The van der Waals surface area contributed by atoms with E-state index < -0.39 is 0 Å². The molecule has 0 amide bonds. The molecule has 76 valence electrons. The van der Waals surface area contributed by atoms with E-state index >= 15 is 0 Å². The predicted octanol–water partition coefficient (Wildman–Crippen LogP) is 3.17. The second-order valence-corrected chi connectivity index (χ2v) is 5.22. The Morgan fingerprint density at radius 2 is 2.07 bits per heavy atom. The average molecular weight is 255 g/mol. The van der Waals surface area contributed by atoms with Crippen molar-refractivity contribution in [3.05, 3.63) is 33.8 Å². The molecule has 1 aliphatic carbocycles. The second-order valence-electron chi connectivity index (χ2n) is 4.31. The summed E-state index contributed by atoms with van der Waals surface area (Å²) in [5.41, 5.74) is 2.61. The Balaban J connectivity index is 2.39. The highest BCUT2D eigenvalue weighted by molar-refractivity contribution is 9.10. The van der Waals surface area contributed by atoms with E-state index in [1.807, 2.05) is 0 Å². The van der Waals surface area contributed by atoms with E-state index in [1.54, 1.807) is 0 Å². The van der Waals surface area contributed by atoms with Gasteiger partial charge in [-0.1, -0.05) is 28.4 Å². The number of aliphatic hydroxyl groups is 1. The van der Waals surface area contributed by atoms with Crippen molar-refractivity contribution in [3.8, 4) is 0 Å². The first kappa shape index (κ1) is 10.2. The summed E-state index contributed by atoms with van der Waals surface area (Å²) in [6, 6.07) is 6.44. The van der Waals surface area contributed by atoms with Crippen LogP contribution in [0, 0.1) is 6.92 Å². The van der Waals surface area contributed by atoms with Gasteiger partial charge in [0.25, 0.3) is 0 Å². The highest BCUT2D eigenvalue weighted by Crippen LogP contribution is 2.44. The summed E-state index contributed by atoms with van der Waals surface area (Å²) in [6.45, 7) is 2.38. The lowest BCUT2D eigenvalue weighted by molar-refractivity contribution is 0.120. The molecule has 0 heterocycles. The third-order valence-electron chi connectivity index (χ3n) is 3.27. The van der Waals surface area contributed by atoms with Gasteiger partial charge in [-0.25, -0.2) is 0 Å². The minimum absolute atomic E-state index is 0.0640. The van der Waals surface area contributed by atoms with Gasteiger partial charge in [-0.3, -0.25) is 0 Å². The van der Waals surface area contributed by atoms with Crippen molar-refractivity contribution in [1.29, 1.82) is 0 Å². The first-order valence-corrected chi connectivity index (χ1v) is 5.84. The summed E-state index contributed by atoms with van der Waals surface area (Å²) in [5, 5.41) is 9.46. The predicted molar refractivity (Wildman–Crippen MR) is 61.5 cm³/mol. The lowest BCUT2D eigenvalue weighted by atomic mass is 9.65. The van der Waals surface area contributed by atoms with Crippen molar-refractivity contribution in [2.45, 2.75) is 31.6 Å². The fourth-order valence-corrected chi connectivity index (χ4v) is 2.79. The summed E-state index contributed by atoms with van der Waals surface area (Å²) in [4.78, 5) is 0. The Kier molecular flexibility index (Phi) is 2.67. The molecule has 0 atom stereocenters. The molecule has 0 radical (unpaired) electrons. The van der Waals surface area contributed by atoms with E-state index in [9.17, 15) is 5.11 Å². The summed E-state index contributed by atoms with van der Waals surface area (Å²) in [7, 11) is 0. The van der Waals surface area contributed by atoms with E-state index in [-0.39, 0.29) is 12.0 Å². The zero-order valence-corrected chi connectivity index (χ0v) is 9.97. The van der Waals surface area contributed by atoms with Crippen molar-refractivity contribution in [3.63, 3.8) is 0 Å². The number of rotatable bonds is 2. The van der Waals surface area contributed by atoms with Crippen LogP contribution in [0.1, 0.15) is 30.4 Å². The molecule has 1 fully saturated rings. The van der Waals surface area contributed by atoms with Crippen LogP contribution in [-0.4, -0.2) is 11.7 Å². The molecule has 0 aromatic heterocycles. The van der Waals surface area contributed by atoms with Gasteiger partial charge in [-0.15, -0.1) is 0 Å². The summed E-state index contributed by atoms with van der Waals surface area (Å²) >= 11 is 3.51. The highest BCUT2D eigenvalue weighted by atomic mass is 79.9. The lowest BCUT2D eigenvalue weighted by Crippen LogP contribution is -2.37. The molecule has 0 aliphatic heterocycles. The summed E-state index contributed by atoms with van der Waals surface area (Å²) < 4.78 is 1.12. The second kappa shape index (κ2) is 3.67. The third-order valence-corrected chi connectivity index (χ3v) is 3.73. The summed E-state index contributed by atoms with van der Waals surface area (Å²) in [5.74, 6) is 0. The number of hydrogen-bond acceptors (Lipinski definition) is 1. The molecule has 1 saturated carbocycles. The largest absolute Gasteiger partial charge is 0.395 e. The normalized spacial score (nSPS) is 19.1. The molecule has 1 aliphatic rings. The van der Waals surface area contributed by atoms with Crippen molar-refractivity contribution in [1.82, 2.24) is 0 Å². The SMILES string of the molecule is Cc1cc(Br)cc(C2(CO)CCC2)c1. The maximum absolute atomic E-state index is 9.46. The van der Waals surface area contributed by atoms with Crippen molar-refractivity contribution >= 4 is 15.9 Å². The molecule has 0 unspecified atom stereocenters. The Labute approximate surface area is 93.3 Å². The van der Waals surface area contributed by atoms with Gasteiger partial charge in [0.15, 0.2) is 0 Å². The van der Waals surface area contributed by atoms with Gasteiger partial charge in [0.1, 0.15) is 0 Å². The molecule has 0 saturated heterocycles. The third kappa shape index (κ3) is 1.61. The van der Waals surface area contributed by atoms with Crippen LogP contribution in [0.15, 0.2) is 22.7 Å². The van der Waals surface area contributed by atoms with E-state index in [0.29, 0.717) is 0 Å². The number of benzene rings is 1. The van der Waals surface area contributed by atoms with Crippen LogP contribution < -0.4 is 0 Å². The maximum Gasteiger partial charge on any atom is 0.0527 e. The van der Waals surface area contributed by atoms with Crippen LogP contribution in [-0.2, 0) is 5.41 Å². The summed E-state index contributed by atoms with van der Waals surface area (Å²) in [6.07, 6.45) is 3.49. The number of aliphatic hydroxyl groups excluding tert-OH is 1. The number of hydrogen-bond donors (Lipinski definition) is 1. The Bertz CT molecular complexity index is 316. The quantitative estimate of drug-likeness (QED) is 0.860. The Morgan fingerprint density at radius 1 is 1.36 bits per heavy atom. The Hall–Kier alpha value is -0.340. The van der Waals surface area contributed by atoms with E-state index in [2.05, 4.69) is 41.1 Å². The fraction of sp³-hybridized carbons (Fsp3) is 0.500. The van der Waals surface area contributed by atoms with Crippen LogP contribution in [0.3, 0.4) is 0 Å². The van der Waals surface area contributed by atoms with Gasteiger partial charge in [-0.2, -0.15) is 0 Å². The first-order valence-electron chi connectivity index (χ1n) is 5.05. The zero-order chi connectivity index (χ0) is 10.2. The minimum atomic E-state index is 0.0640. The van der Waals surface area contributed by atoms with Gasteiger partial charge in [0, 0.05) is 9.89 Å². The zero-order valence-electron chi connectivity index (χ0n) is 8.39. The molecule has 1 aromatic rings. The van der Waals surface area contributed by atoms with Crippen molar-refractivity contribution in [2.24, 2.45) is 0 Å². The molecule has 2 heteroatoms. The highest BCUT2D eigenvalue weighted by Gasteiger charge is 2.38. The van der Waals surface area contributed by atoms with Crippen molar-refractivity contribution in [2.75, 3.05) is 6.61 Å². The monoisotopic (exact) mass is 254 g/mol. The fourth-order valence-electron chi connectivity index (χ4n) is 2.18. The Morgan fingerprint density at radius 3 is 2.50 bits per heavy atom. The van der Waals surface area contributed by atoms with Crippen LogP contribution in [0.4, 0.5) is 0 Å². The van der Waals surface area contributed by atoms with Crippen LogP contribution >= 0.6 is 15.9 Å². The molecule has 0 spiro atoms. The van der Waals surface area contributed by atoms with Gasteiger partial charge in [0.2, 0.25) is 0 Å². The average Bonchev–Trinajstić information content (AvgIpc) is 2.01. The van der Waals surface area contributed by atoms with Crippen LogP contribution in [0.2, 0.25) is 0 Å². The molecular weight excluding hydrogens is 240 g/mol. The van der Waals surface area contributed by atoms with Crippen molar-refractivity contribution < 1.29 is 5.11 Å². The lowest BCUT2D eigenvalue weighted by Gasteiger charge is -2.41. The molecule has 1 nitrogen and oxygen atoms in total. The van der Waals surface area contributed by atoms with Gasteiger partial charge in [-0.05, 0) is 43.0 Å². The van der Waals surface area contributed by atoms with E-state index in [1.165, 1.54) is 17.5 Å². The molecule has 1 aromatic carbocycles. The van der Waals surface area contributed by atoms with Crippen LogP contribution in [0.5, 0.6) is 0 Å². The van der Waals surface area contributed by atoms with Crippen LogP contribution in [0.25, 0.3) is 0 Å². The topological polar surface area (TPSA) is 20.2 Å². The number of aryl methyl sites for hydroxylation is 1. The maximum atomic E-state index is 9.46. The van der Waals surface area contributed by atoms with Gasteiger partial charge in [0.05, 0.1) is 6.61 Å². The van der Waals surface area contributed by atoms with E-state index in [0.717, 1.165) is 17.3 Å². The minimum Gasteiger partial charge on any atom is -0.395 e. The molecular formula is C12H15BrO. The van der Waals surface area contributed by atoms with Gasteiger partial charge >= 0.3 is 0 Å². The van der Waals surface area contributed by atoms with Gasteiger partial charge < -0.3 is 5.11 Å². The molecule has 2 rings (SSSR count). The standard InChI is InChI=1S/C12H15BrO/c1-9-5-10(7-11(13)6-9)12(8-14)3-2-4-12/h5-7,14H,2-4,8H2,1H3.